The zero-order chi connectivity index (χ0) is 22.3. The number of carbonyl (C=O) groups is 1. The average molecular weight is 454 g/mol. The summed E-state index contributed by atoms with van der Waals surface area (Å²) in [5.74, 6) is -2.10. The monoisotopic (exact) mass is 454 g/mol. The molecule has 0 bridgehead atoms. The van der Waals surface area contributed by atoms with Crippen molar-refractivity contribution in [2.24, 2.45) is 0 Å². The Morgan fingerprint density at radius 3 is 2.55 bits per heavy atom. The van der Waals surface area contributed by atoms with Crippen LogP contribution in [0.25, 0.3) is 16.9 Å². The first kappa shape index (κ1) is 20.8. The molecular weight excluding hydrogens is 438 g/mol. The van der Waals surface area contributed by atoms with E-state index < -0.39 is 32.5 Å². The van der Waals surface area contributed by atoms with Gasteiger partial charge in [-0.2, -0.15) is 9.67 Å². The topological polar surface area (TPSA) is 140 Å². The van der Waals surface area contributed by atoms with Crippen LogP contribution < -0.4 is 4.74 Å². The molecule has 1 aromatic carbocycles. The number of likely N-dealkylation sites (tertiary alicyclic amines) is 1. The average Bonchev–Trinajstić information content (AvgIpc) is 3.14. The third-order valence-corrected chi connectivity index (χ3v) is 5.94. The number of hydrogen-bond acceptors (Lipinski definition) is 8. The molecule has 2 aromatic heterocycles. The highest BCUT2D eigenvalue weighted by atomic mass is 32.2. The Labute approximate surface area is 174 Å². The van der Waals surface area contributed by atoms with Crippen LogP contribution >= 0.6 is 0 Å². The number of piperidine rings is 1. The van der Waals surface area contributed by atoms with Crippen LogP contribution in [-0.2, 0) is 9.84 Å². The maximum Gasteiger partial charge on any atom is 0.407 e. The maximum absolute atomic E-state index is 14.6. The van der Waals surface area contributed by atoms with Gasteiger partial charge in [-0.05, 0) is 6.07 Å². The van der Waals surface area contributed by atoms with Gasteiger partial charge in [-0.25, -0.2) is 27.0 Å². The predicted octanol–water partition coefficient (Wildman–Crippen LogP) is 1.41. The molecule has 0 aliphatic carbocycles. The van der Waals surface area contributed by atoms with E-state index in [-0.39, 0.29) is 28.8 Å². The van der Waals surface area contributed by atoms with Crippen LogP contribution in [0, 0.1) is 11.6 Å². The number of rotatable bonds is 4. The number of benzene rings is 1. The Balaban J connectivity index is 1.66. The lowest BCUT2D eigenvalue weighted by Gasteiger charge is -2.29. The normalized spacial score (nSPS) is 15.4. The Morgan fingerprint density at radius 2 is 1.90 bits per heavy atom. The highest BCUT2D eigenvalue weighted by molar-refractivity contribution is 7.90. The molecule has 1 fully saturated rings. The van der Waals surface area contributed by atoms with Crippen LogP contribution in [0.2, 0.25) is 0 Å². The van der Waals surface area contributed by atoms with Crippen molar-refractivity contribution in [3.05, 3.63) is 30.1 Å². The van der Waals surface area contributed by atoms with Gasteiger partial charge in [-0.15, -0.1) is 5.10 Å². The number of halogens is 2. The van der Waals surface area contributed by atoms with Gasteiger partial charge in [0.25, 0.3) is 0 Å². The number of fused-ring (bicyclic) bond motifs is 1. The van der Waals surface area contributed by atoms with Crippen molar-refractivity contribution >= 4 is 27.1 Å². The van der Waals surface area contributed by atoms with Gasteiger partial charge in [0.1, 0.15) is 28.8 Å². The molecule has 4 rings (SSSR count). The summed E-state index contributed by atoms with van der Waals surface area (Å²) in [6, 6.07) is 1.27. The van der Waals surface area contributed by atoms with Crippen LogP contribution in [-0.4, -0.2) is 74.9 Å². The molecule has 1 aliphatic rings. The third-order valence-electron chi connectivity index (χ3n) is 4.82. The van der Waals surface area contributed by atoms with Gasteiger partial charge in [-0.1, -0.05) is 5.21 Å². The van der Waals surface area contributed by atoms with Gasteiger partial charge >= 0.3 is 6.09 Å². The fraction of sp³-hybridized carbons (Fsp3) is 0.353. The number of sulfone groups is 1. The molecule has 11 nitrogen and oxygen atoms in total. The molecule has 0 spiro atoms. The van der Waals surface area contributed by atoms with Crippen LogP contribution in [0.4, 0.5) is 13.6 Å². The van der Waals surface area contributed by atoms with E-state index in [1.54, 1.807) is 0 Å². The van der Waals surface area contributed by atoms with Crippen molar-refractivity contribution < 1.29 is 31.8 Å². The molecule has 164 valence electrons. The zero-order valence-corrected chi connectivity index (χ0v) is 16.9. The summed E-state index contributed by atoms with van der Waals surface area (Å²) in [6.07, 6.45) is 1.48. The molecule has 1 saturated heterocycles. The van der Waals surface area contributed by atoms with Crippen molar-refractivity contribution in [3.8, 4) is 11.6 Å². The second-order valence-corrected chi connectivity index (χ2v) is 8.93. The third kappa shape index (κ3) is 3.97. The Hall–Kier alpha value is -3.42. The van der Waals surface area contributed by atoms with Crippen molar-refractivity contribution in [2.75, 3.05) is 19.3 Å². The first-order chi connectivity index (χ1) is 14.6. The second kappa shape index (κ2) is 7.68. The maximum atomic E-state index is 14.6. The number of hydrogen-bond donors (Lipinski definition) is 1. The summed E-state index contributed by atoms with van der Waals surface area (Å²) >= 11 is 0. The fourth-order valence-corrected chi connectivity index (χ4v) is 3.99. The molecule has 0 unspecified atom stereocenters. The molecule has 0 saturated carbocycles. The minimum Gasteiger partial charge on any atom is -0.472 e. The van der Waals surface area contributed by atoms with Gasteiger partial charge in [-0.3, -0.25) is 0 Å². The van der Waals surface area contributed by atoms with Crippen LogP contribution in [0.1, 0.15) is 12.8 Å². The zero-order valence-electron chi connectivity index (χ0n) is 16.1. The molecule has 1 N–H and O–H groups in total. The molecule has 3 aromatic rings. The second-order valence-electron chi connectivity index (χ2n) is 6.95. The highest BCUT2D eigenvalue weighted by Gasteiger charge is 2.26. The van der Waals surface area contributed by atoms with Gasteiger partial charge in [0.2, 0.25) is 5.88 Å². The largest absolute Gasteiger partial charge is 0.472 e. The molecule has 0 atom stereocenters. The van der Waals surface area contributed by atoms with E-state index in [2.05, 4.69) is 20.3 Å². The molecule has 0 radical (unpaired) electrons. The smallest absolute Gasteiger partial charge is 0.407 e. The van der Waals surface area contributed by atoms with Gasteiger partial charge in [0, 0.05) is 38.3 Å². The Bertz CT molecular complexity index is 1270. The lowest BCUT2D eigenvalue weighted by molar-refractivity contribution is 0.0878. The number of nitrogens with zero attached hydrogens (tertiary/aromatic N) is 6. The van der Waals surface area contributed by atoms with Crippen molar-refractivity contribution in [1.82, 2.24) is 29.9 Å². The van der Waals surface area contributed by atoms with Crippen LogP contribution in [0.5, 0.6) is 5.88 Å². The highest BCUT2D eigenvalue weighted by Crippen LogP contribution is 2.27. The standard InChI is InChI=1S/C17H16F2N6O5S/c1-31(28,29)13-7-10(18)12(6-11(13)19)25-15-14(22-23-25)16(21-8-20-15)30-9-2-4-24(5-3-9)17(26)27/h6-9H,2-5H2,1H3,(H,26,27). The molecule has 1 amide bonds. The molecule has 31 heavy (non-hydrogen) atoms. The number of ether oxygens (including phenoxy) is 1. The number of aromatic nitrogens is 5. The Kier molecular flexibility index (Phi) is 5.16. The van der Waals surface area contributed by atoms with E-state index in [0.29, 0.717) is 38.1 Å². The van der Waals surface area contributed by atoms with Crippen molar-refractivity contribution in [1.29, 1.82) is 0 Å². The number of carboxylic acid groups (broad SMARTS) is 1. The van der Waals surface area contributed by atoms with Gasteiger partial charge in [0.05, 0.1) is 0 Å². The summed E-state index contributed by atoms with van der Waals surface area (Å²) in [5.41, 5.74) is -0.264. The van der Waals surface area contributed by atoms with Gasteiger partial charge in [0.15, 0.2) is 26.8 Å². The molecule has 3 heterocycles. The fourth-order valence-electron chi connectivity index (χ4n) is 3.26. The van der Waals surface area contributed by atoms with Crippen molar-refractivity contribution in [2.45, 2.75) is 23.8 Å². The van der Waals surface area contributed by atoms with Crippen LogP contribution in [0.3, 0.4) is 0 Å². The van der Waals surface area contributed by atoms with E-state index in [1.807, 2.05) is 0 Å². The first-order valence-corrected chi connectivity index (χ1v) is 10.9. The van der Waals surface area contributed by atoms with E-state index in [4.69, 9.17) is 9.84 Å². The lowest BCUT2D eigenvalue weighted by atomic mass is 10.1. The summed E-state index contributed by atoms with van der Waals surface area (Å²) < 4.78 is 58.8. The summed E-state index contributed by atoms with van der Waals surface area (Å²) in [4.78, 5) is 19.5. The minimum atomic E-state index is -3.96. The van der Waals surface area contributed by atoms with Crippen molar-refractivity contribution in [3.63, 3.8) is 0 Å². The van der Waals surface area contributed by atoms with Crippen LogP contribution in [0.15, 0.2) is 23.4 Å². The minimum absolute atomic E-state index is 0.0263. The predicted molar refractivity (Wildman–Crippen MR) is 101 cm³/mol. The lowest BCUT2D eigenvalue weighted by Crippen LogP contribution is -2.41. The number of amides is 1. The molecular formula is C17H16F2N6O5S. The molecule has 1 aliphatic heterocycles. The summed E-state index contributed by atoms with van der Waals surface area (Å²) in [6.45, 7) is 0.607. The van der Waals surface area contributed by atoms with E-state index >= 15 is 0 Å². The molecule has 14 heteroatoms. The summed E-state index contributed by atoms with van der Waals surface area (Å²) in [7, 11) is -3.96. The first-order valence-electron chi connectivity index (χ1n) is 9.05. The SMILES string of the molecule is CS(=O)(=O)c1cc(F)c(-n2nnc3c(OC4CCN(C(=O)O)CC4)ncnc32)cc1F. The van der Waals surface area contributed by atoms with E-state index in [0.717, 1.165) is 17.3 Å². The van der Waals surface area contributed by atoms with Gasteiger partial charge < -0.3 is 14.7 Å². The van der Waals surface area contributed by atoms with E-state index in [1.165, 1.54) is 4.90 Å². The Morgan fingerprint density at radius 1 is 1.19 bits per heavy atom. The van der Waals surface area contributed by atoms with E-state index in [9.17, 15) is 22.0 Å². The quantitative estimate of drug-likeness (QED) is 0.619. The summed E-state index contributed by atoms with van der Waals surface area (Å²) in [5, 5.41) is 16.7.